The molecule has 26 heavy (non-hydrogen) atoms. The lowest BCUT2D eigenvalue weighted by atomic mass is 10.2. The molecule has 8 heteroatoms. The molecule has 0 amide bonds. The van der Waals surface area contributed by atoms with Crippen LogP contribution in [0.15, 0.2) is 48.8 Å². The van der Waals surface area contributed by atoms with Gasteiger partial charge in [0.2, 0.25) is 5.95 Å². The number of halogens is 2. The molecule has 1 aromatic carbocycles. The normalized spacial score (nSPS) is 11.8. The smallest absolute Gasteiger partial charge is 0.225 e. The second-order valence-electron chi connectivity index (χ2n) is 5.68. The summed E-state index contributed by atoms with van der Waals surface area (Å²) >= 11 is 12.0. The van der Waals surface area contributed by atoms with Crippen molar-refractivity contribution in [1.29, 1.82) is 0 Å². The third kappa shape index (κ3) is 4.60. The highest BCUT2D eigenvalue weighted by Gasteiger charge is 2.10. The van der Waals surface area contributed by atoms with Gasteiger partial charge in [-0.2, -0.15) is 4.98 Å². The minimum Gasteiger partial charge on any atom is -0.394 e. The zero-order valence-electron chi connectivity index (χ0n) is 13.9. The molecule has 0 radical (unpaired) electrons. The van der Waals surface area contributed by atoms with Crippen LogP contribution in [0, 0.1) is 0 Å². The van der Waals surface area contributed by atoms with E-state index in [1.165, 1.54) is 0 Å². The molecule has 0 fully saturated rings. The van der Waals surface area contributed by atoms with Crippen LogP contribution in [0.25, 0.3) is 11.3 Å². The highest BCUT2D eigenvalue weighted by molar-refractivity contribution is 6.42. The van der Waals surface area contributed by atoms with Gasteiger partial charge in [-0.15, -0.1) is 0 Å². The molecule has 3 N–H and O–H groups in total. The molecule has 0 aliphatic heterocycles. The van der Waals surface area contributed by atoms with Crippen molar-refractivity contribution in [1.82, 2.24) is 15.0 Å². The lowest BCUT2D eigenvalue weighted by Crippen LogP contribution is -2.21. The van der Waals surface area contributed by atoms with E-state index >= 15 is 0 Å². The van der Waals surface area contributed by atoms with Crippen molar-refractivity contribution in [3.05, 3.63) is 58.8 Å². The van der Waals surface area contributed by atoms with Gasteiger partial charge >= 0.3 is 0 Å². The molecular weight excluding hydrogens is 373 g/mol. The molecule has 0 saturated heterocycles. The Kier molecular flexibility index (Phi) is 5.88. The maximum absolute atomic E-state index is 9.27. The molecule has 0 saturated carbocycles. The molecule has 0 aliphatic carbocycles. The zero-order valence-corrected chi connectivity index (χ0v) is 15.5. The average molecular weight is 390 g/mol. The van der Waals surface area contributed by atoms with Crippen LogP contribution in [0.5, 0.6) is 0 Å². The number of aliphatic hydroxyl groups is 1. The van der Waals surface area contributed by atoms with Crippen LogP contribution < -0.4 is 10.6 Å². The van der Waals surface area contributed by atoms with Gasteiger partial charge in [-0.05, 0) is 37.3 Å². The first kappa shape index (κ1) is 18.4. The van der Waals surface area contributed by atoms with E-state index < -0.39 is 0 Å². The molecule has 0 spiro atoms. The summed E-state index contributed by atoms with van der Waals surface area (Å²) in [5.41, 5.74) is 2.37. The van der Waals surface area contributed by atoms with E-state index in [4.69, 9.17) is 23.2 Å². The molecule has 2 aromatic heterocycles. The number of nitrogens with one attached hydrogen (secondary N) is 2. The standard InChI is InChI=1S/C18H17Cl2N5O/c1-11(10-26)22-18-24-16(12-4-6-21-7-5-12)9-17(25-18)23-13-2-3-14(19)15(20)8-13/h2-9,11,26H,10H2,1H3,(H2,22,23,24,25)/t11-/m0/s1. The second-order valence-corrected chi connectivity index (χ2v) is 6.49. The molecule has 3 rings (SSSR count). The van der Waals surface area contributed by atoms with Crippen molar-refractivity contribution in [2.75, 3.05) is 17.2 Å². The summed E-state index contributed by atoms with van der Waals surface area (Å²) in [6, 6.07) is 10.6. The summed E-state index contributed by atoms with van der Waals surface area (Å²) in [4.78, 5) is 13.0. The van der Waals surface area contributed by atoms with Crippen LogP contribution in [0.3, 0.4) is 0 Å². The number of nitrogens with zero attached hydrogens (tertiary/aromatic N) is 3. The molecular formula is C18H17Cl2N5O. The molecule has 0 bridgehead atoms. The summed E-state index contributed by atoms with van der Waals surface area (Å²) in [6.45, 7) is 1.81. The quantitative estimate of drug-likeness (QED) is 0.579. The number of benzene rings is 1. The Morgan fingerprint density at radius 1 is 1.04 bits per heavy atom. The topological polar surface area (TPSA) is 83.0 Å². The molecule has 0 aliphatic rings. The van der Waals surface area contributed by atoms with Gasteiger partial charge in [0.15, 0.2) is 0 Å². The lowest BCUT2D eigenvalue weighted by molar-refractivity contribution is 0.281. The highest BCUT2D eigenvalue weighted by Crippen LogP contribution is 2.28. The van der Waals surface area contributed by atoms with Gasteiger partial charge < -0.3 is 15.7 Å². The van der Waals surface area contributed by atoms with E-state index in [1.807, 2.05) is 31.2 Å². The summed E-state index contributed by atoms with van der Waals surface area (Å²) in [6.07, 6.45) is 3.40. The van der Waals surface area contributed by atoms with Crippen molar-refractivity contribution >= 4 is 40.7 Å². The molecule has 134 valence electrons. The van der Waals surface area contributed by atoms with Crippen molar-refractivity contribution in [3.63, 3.8) is 0 Å². The van der Waals surface area contributed by atoms with Gasteiger partial charge in [0.05, 0.1) is 22.3 Å². The van der Waals surface area contributed by atoms with Crippen molar-refractivity contribution in [2.45, 2.75) is 13.0 Å². The maximum atomic E-state index is 9.27. The van der Waals surface area contributed by atoms with Crippen molar-refractivity contribution in [2.24, 2.45) is 0 Å². The number of aliphatic hydroxyl groups excluding tert-OH is 1. The van der Waals surface area contributed by atoms with Crippen molar-refractivity contribution in [3.8, 4) is 11.3 Å². The van der Waals surface area contributed by atoms with E-state index in [-0.39, 0.29) is 12.6 Å². The maximum Gasteiger partial charge on any atom is 0.225 e. The molecule has 2 heterocycles. The summed E-state index contributed by atoms with van der Waals surface area (Å²) in [5, 5.41) is 16.5. The fraction of sp³-hybridized carbons (Fsp3) is 0.167. The Hall–Kier alpha value is -2.41. The van der Waals surface area contributed by atoms with Crippen LogP contribution in [-0.2, 0) is 0 Å². The number of anilines is 3. The number of aromatic nitrogens is 3. The van der Waals surface area contributed by atoms with E-state index in [1.54, 1.807) is 24.5 Å². The fourth-order valence-electron chi connectivity index (χ4n) is 2.23. The number of hydrogen-bond acceptors (Lipinski definition) is 6. The van der Waals surface area contributed by atoms with Gasteiger partial charge in [-0.1, -0.05) is 23.2 Å². The summed E-state index contributed by atoms with van der Waals surface area (Å²) < 4.78 is 0. The van der Waals surface area contributed by atoms with Gasteiger partial charge in [-0.25, -0.2) is 4.98 Å². The highest BCUT2D eigenvalue weighted by atomic mass is 35.5. The lowest BCUT2D eigenvalue weighted by Gasteiger charge is -2.14. The van der Waals surface area contributed by atoms with E-state index in [0.29, 0.717) is 21.8 Å². The predicted octanol–water partition coefficient (Wildman–Crippen LogP) is 4.38. The minimum absolute atomic E-state index is 0.0294. The first-order chi connectivity index (χ1) is 12.5. The summed E-state index contributed by atoms with van der Waals surface area (Å²) in [5.74, 6) is 0.987. The van der Waals surface area contributed by atoms with Crippen LogP contribution in [0.4, 0.5) is 17.5 Å². The second kappa shape index (κ2) is 8.31. The van der Waals surface area contributed by atoms with Gasteiger partial charge in [-0.3, -0.25) is 4.98 Å². The van der Waals surface area contributed by atoms with Gasteiger partial charge in [0.1, 0.15) is 5.82 Å². The zero-order chi connectivity index (χ0) is 18.5. The minimum atomic E-state index is -0.180. The molecule has 1 atom stereocenters. The van der Waals surface area contributed by atoms with Crippen LogP contribution in [0.1, 0.15) is 6.92 Å². The Morgan fingerprint density at radius 3 is 2.50 bits per heavy atom. The molecule has 0 unspecified atom stereocenters. The third-order valence-electron chi connectivity index (χ3n) is 3.54. The molecule has 6 nitrogen and oxygen atoms in total. The van der Waals surface area contributed by atoms with E-state index in [2.05, 4.69) is 25.6 Å². The number of hydrogen-bond donors (Lipinski definition) is 3. The van der Waals surface area contributed by atoms with Crippen LogP contribution in [0.2, 0.25) is 10.0 Å². The third-order valence-corrected chi connectivity index (χ3v) is 4.28. The van der Waals surface area contributed by atoms with Crippen LogP contribution >= 0.6 is 23.2 Å². The van der Waals surface area contributed by atoms with Crippen LogP contribution in [-0.4, -0.2) is 32.7 Å². The first-order valence-corrected chi connectivity index (χ1v) is 8.69. The van der Waals surface area contributed by atoms with Gasteiger partial charge in [0.25, 0.3) is 0 Å². The Balaban J connectivity index is 1.97. The average Bonchev–Trinajstić information content (AvgIpc) is 2.65. The Bertz CT molecular complexity index is 892. The first-order valence-electron chi connectivity index (χ1n) is 7.94. The Morgan fingerprint density at radius 2 is 1.81 bits per heavy atom. The van der Waals surface area contributed by atoms with E-state index in [9.17, 15) is 5.11 Å². The van der Waals surface area contributed by atoms with Gasteiger partial charge in [0, 0.05) is 35.8 Å². The van der Waals surface area contributed by atoms with Crippen molar-refractivity contribution < 1.29 is 5.11 Å². The van der Waals surface area contributed by atoms with E-state index in [0.717, 1.165) is 16.9 Å². The summed E-state index contributed by atoms with van der Waals surface area (Å²) in [7, 11) is 0. The molecule has 3 aromatic rings. The predicted molar refractivity (Wildman–Crippen MR) is 105 cm³/mol. The monoisotopic (exact) mass is 389 g/mol. The largest absolute Gasteiger partial charge is 0.394 e. The Labute approximate surface area is 161 Å². The number of pyridine rings is 1. The number of rotatable bonds is 6. The SMILES string of the molecule is C[C@@H](CO)Nc1nc(Nc2ccc(Cl)c(Cl)c2)cc(-c2ccncc2)n1. The fourth-order valence-corrected chi connectivity index (χ4v) is 2.53.